The Bertz CT molecular complexity index is 1070. The molecule has 0 spiro atoms. The lowest BCUT2D eigenvalue weighted by Crippen LogP contribution is -2.32. The molecule has 2 N–H and O–H groups in total. The average Bonchev–Trinajstić information content (AvgIpc) is 3.31. The normalized spacial score (nSPS) is 12.4. The lowest BCUT2D eigenvalue weighted by molar-refractivity contribution is 0.0937. The number of thiophene rings is 1. The van der Waals surface area contributed by atoms with E-state index < -0.39 is 11.5 Å². The standard InChI is InChI=1S/C15H12N6O2S2/c1-8(10-6-21-15(19-10)25-7-17-21)18-13(22)9-5-16-12(20-14(9)23)11-3-2-4-24-11/h2-8H,1H3,(H,18,22)(H,16,20,23)/t8-/m0/s1. The summed E-state index contributed by atoms with van der Waals surface area (Å²) in [7, 11) is 0. The van der Waals surface area contributed by atoms with Crippen LogP contribution in [0.15, 0.2) is 40.2 Å². The third-order valence-corrected chi connectivity index (χ3v) is 5.16. The van der Waals surface area contributed by atoms with Crippen molar-refractivity contribution in [3.63, 3.8) is 0 Å². The van der Waals surface area contributed by atoms with Crippen molar-refractivity contribution in [3.05, 3.63) is 57.0 Å². The van der Waals surface area contributed by atoms with Crippen molar-refractivity contribution in [1.82, 2.24) is 29.9 Å². The van der Waals surface area contributed by atoms with Gasteiger partial charge in [-0.05, 0) is 18.4 Å². The highest BCUT2D eigenvalue weighted by atomic mass is 32.1. The van der Waals surface area contributed by atoms with E-state index in [0.717, 1.165) is 9.84 Å². The Kier molecular flexibility index (Phi) is 3.90. The molecule has 0 aromatic carbocycles. The molecule has 0 radical (unpaired) electrons. The largest absolute Gasteiger partial charge is 0.344 e. The maximum Gasteiger partial charge on any atom is 0.264 e. The van der Waals surface area contributed by atoms with E-state index in [0.29, 0.717) is 11.5 Å². The molecule has 0 bridgehead atoms. The van der Waals surface area contributed by atoms with Gasteiger partial charge in [-0.25, -0.2) is 14.5 Å². The third kappa shape index (κ3) is 2.96. The molecule has 0 unspecified atom stereocenters. The van der Waals surface area contributed by atoms with E-state index in [1.54, 1.807) is 23.1 Å². The maximum absolute atomic E-state index is 12.4. The predicted molar refractivity (Wildman–Crippen MR) is 94.9 cm³/mol. The molecule has 4 aromatic rings. The minimum Gasteiger partial charge on any atom is -0.344 e. The van der Waals surface area contributed by atoms with Crippen LogP contribution >= 0.6 is 22.7 Å². The van der Waals surface area contributed by atoms with E-state index in [4.69, 9.17) is 0 Å². The van der Waals surface area contributed by atoms with Gasteiger partial charge in [-0.1, -0.05) is 17.4 Å². The van der Waals surface area contributed by atoms with Crippen LogP contribution in [0.5, 0.6) is 0 Å². The minimum absolute atomic E-state index is 0.0358. The molecule has 0 aliphatic carbocycles. The second-order valence-corrected chi connectivity index (χ2v) is 7.04. The molecule has 0 fully saturated rings. The van der Waals surface area contributed by atoms with Crippen LogP contribution in [0.25, 0.3) is 15.7 Å². The van der Waals surface area contributed by atoms with E-state index >= 15 is 0 Å². The molecular weight excluding hydrogens is 360 g/mol. The van der Waals surface area contributed by atoms with Gasteiger partial charge in [0.2, 0.25) is 4.96 Å². The van der Waals surface area contributed by atoms with Crippen LogP contribution < -0.4 is 10.9 Å². The SMILES string of the molecule is C[C@H](NC(=O)c1cnc(-c2cccs2)[nH]c1=O)c1cn2ncsc2n1. The fourth-order valence-electron chi connectivity index (χ4n) is 2.31. The number of rotatable bonds is 4. The summed E-state index contributed by atoms with van der Waals surface area (Å²) in [6.07, 6.45) is 3.04. The van der Waals surface area contributed by atoms with Crippen LogP contribution in [0.1, 0.15) is 29.0 Å². The van der Waals surface area contributed by atoms with Gasteiger partial charge in [-0.3, -0.25) is 9.59 Å². The second-order valence-electron chi connectivity index (χ2n) is 5.28. The molecule has 10 heteroatoms. The first-order valence-corrected chi connectivity index (χ1v) is 9.10. The van der Waals surface area contributed by atoms with E-state index in [1.807, 2.05) is 17.5 Å². The van der Waals surface area contributed by atoms with Crippen LogP contribution in [0.3, 0.4) is 0 Å². The number of aromatic nitrogens is 5. The molecule has 1 amide bonds. The number of nitrogens with one attached hydrogen (secondary N) is 2. The summed E-state index contributed by atoms with van der Waals surface area (Å²) in [5.74, 6) is -0.0479. The summed E-state index contributed by atoms with van der Waals surface area (Å²) in [6, 6.07) is 3.36. The second kappa shape index (κ2) is 6.22. The monoisotopic (exact) mass is 372 g/mol. The lowest BCUT2D eigenvalue weighted by atomic mass is 10.2. The molecule has 0 aliphatic heterocycles. The number of fused-ring (bicyclic) bond motifs is 1. The Morgan fingerprint density at radius 2 is 2.28 bits per heavy atom. The zero-order valence-corrected chi connectivity index (χ0v) is 14.6. The summed E-state index contributed by atoms with van der Waals surface area (Å²) in [6.45, 7) is 1.80. The lowest BCUT2D eigenvalue weighted by Gasteiger charge is -2.11. The number of hydrogen-bond donors (Lipinski definition) is 2. The van der Waals surface area contributed by atoms with Gasteiger partial charge in [-0.15, -0.1) is 11.3 Å². The molecule has 25 heavy (non-hydrogen) atoms. The number of carbonyl (C=O) groups excluding carboxylic acids is 1. The van der Waals surface area contributed by atoms with Crippen LogP contribution in [0.2, 0.25) is 0 Å². The van der Waals surface area contributed by atoms with Crippen molar-refractivity contribution in [2.45, 2.75) is 13.0 Å². The highest BCUT2D eigenvalue weighted by Crippen LogP contribution is 2.19. The zero-order valence-electron chi connectivity index (χ0n) is 13.0. The smallest absolute Gasteiger partial charge is 0.264 e. The zero-order chi connectivity index (χ0) is 17.4. The Labute approximate surface area is 149 Å². The number of imidazole rings is 1. The molecular formula is C15H12N6O2S2. The van der Waals surface area contributed by atoms with E-state index in [9.17, 15) is 9.59 Å². The van der Waals surface area contributed by atoms with Crippen molar-refractivity contribution < 1.29 is 4.79 Å². The van der Waals surface area contributed by atoms with Gasteiger partial charge in [0.05, 0.1) is 22.8 Å². The fourth-order valence-corrected chi connectivity index (χ4v) is 3.59. The number of nitrogens with zero attached hydrogens (tertiary/aromatic N) is 4. The van der Waals surface area contributed by atoms with Gasteiger partial charge >= 0.3 is 0 Å². The molecule has 4 rings (SSSR count). The number of H-pyrrole nitrogens is 1. The molecule has 126 valence electrons. The first-order chi connectivity index (χ1) is 12.1. The molecule has 8 nitrogen and oxygen atoms in total. The summed E-state index contributed by atoms with van der Waals surface area (Å²) >= 11 is 2.87. The summed E-state index contributed by atoms with van der Waals surface area (Å²) in [4.78, 5) is 37.4. The Morgan fingerprint density at radius 1 is 1.40 bits per heavy atom. The van der Waals surface area contributed by atoms with Gasteiger partial charge in [0.1, 0.15) is 16.9 Å². The fraction of sp³-hybridized carbons (Fsp3) is 0.133. The highest BCUT2D eigenvalue weighted by molar-refractivity contribution is 7.14. The predicted octanol–water partition coefficient (Wildman–Crippen LogP) is 2.09. The van der Waals surface area contributed by atoms with Crippen molar-refractivity contribution >= 4 is 33.5 Å². The molecule has 4 aromatic heterocycles. The van der Waals surface area contributed by atoms with Crippen molar-refractivity contribution in [2.75, 3.05) is 0 Å². The van der Waals surface area contributed by atoms with Crippen LogP contribution in [0, 0.1) is 0 Å². The van der Waals surface area contributed by atoms with Gasteiger partial charge in [0, 0.05) is 6.20 Å². The molecule has 0 saturated heterocycles. The van der Waals surface area contributed by atoms with Gasteiger partial charge in [0.25, 0.3) is 11.5 Å². The Balaban J connectivity index is 1.54. The van der Waals surface area contributed by atoms with Crippen molar-refractivity contribution in [2.24, 2.45) is 0 Å². The Morgan fingerprint density at radius 3 is 3.00 bits per heavy atom. The van der Waals surface area contributed by atoms with Crippen LogP contribution in [-0.4, -0.2) is 30.5 Å². The summed E-state index contributed by atoms with van der Waals surface area (Å²) in [5, 5.41) is 8.76. The quantitative estimate of drug-likeness (QED) is 0.571. The highest BCUT2D eigenvalue weighted by Gasteiger charge is 2.18. The van der Waals surface area contributed by atoms with Crippen molar-refractivity contribution in [1.29, 1.82) is 0 Å². The van der Waals surface area contributed by atoms with Crippen LogP contribution in [0.4, 0.5) is 0 Å². The maximum atomic E-state index is 12.4. The number of carbonyl (C=O) groups is 1. The van der Waals surface area contributed by atoms with Crippen molar-refractivity contribution in [3.8, 4) is 10.7 Å². The van der Waals surface area contributed by atoms with E-state index in [1.165, 1.54) is 28.9 Å². The van der Waals surface area contributed by atoms with Gasteiger partial charge < -0.3 is 10.3 Å². The average molecular weight is 372 g/mol. The molecule has 4 heterocycles. The first kappa shape index (κ1) is 15.7. The molecule has 0 aliphatic rings. The summed E-state index contributed by atoms with van der Waals surface area (Å²) < 4.78 is 1.65. The minimum atomic E-state index is -0.497. The first-order valence-electron chi connectivity index (χ1n) is 7.34. The third-order valence-electron chi connectivity index (χ3n) is 3.59. The van der Waals surface area contributed by atoms with E-state index in [-0.39, 0.29) is 11.6 Å². The van der Waals surface area contributed by atoms with Gasteiger partial charge in [0.15, 0.2) is 0 Å². The number of aromatic amines is 1. The summed E-state index contributed by atoms with van der Waals surface area (Å²) in [5.41, 5.74) is 1.85. The topological polar surface area (TPSA) is 105 Å². The van der Waals surface area contributed by atoms with E-state index in [2.05, 4.69) is 25.4 Å². The molecule has 1 atom stereocenters. The Hall–Kier alpha value is -2.85. The molecule has 0 saturated carbocycles. The van der Waals surface area contributed by atoms with Gasteiger partial charge in [-0.2, -0.15) is 5.10 Å². The number of amides is 1. The number of hydrogen-bond acceptors (Lipinski definition) is 7. The van der Waals surface area contributed by atoms with Crippen LogP contribution in [-0.2, 0) is 0 Å².